The Bertz CT molecular complexity index is 1280. The molecule has 2 unspecified atom stereocenters. The summed E-state index contributed by atoms with van der Waals surface area (Å²) in [4.78, 5) is 45.8. The highest BCUT2D eigenvalue weighted by Gasteiger charge is 2.25. The number of carbonyl (C=O) groups is 2. The van der Waals surface area contributed by atoms with Gasteiger partial charge in [-0.2, -0.15) is 0 Å². The third kappa shape index (κ3) is 4.48. The van der Waals surface area contributed by atoms with E-state index in [4.69, 9.17) is 11.6 Å². The van der Waals surface area contributed by atoms with Gasteiger partial charge in [-0.05, 0) is 53.8 Å². The Morgan fingerprint density at radius 2 is 1.97 bits per heavy atom. The summed E-state index contributed by atoms with van der Waals surface area (Å²) in [7, 11) is 0. The molecule has 0 spiro atoms. The SMILES string of the molecule is CC(c1c[nH]c(=O)c2ccccc12)N(Cc1cccnc1)C(=O)NC1=CC(Cl)C(=O)C=C1. The van der Waals surface area contributed by atoms with E-state index in [1.807, 2.05) is 31.2 Å². The Hall–Kier alpha value is -3.71. The minimum Gasteiger partial charge on any atom is -0.328 e. The summed E-state index contributed by atoms with van der Waals surface area (Å²) in [5, 5.41) is 3.35. The zero-order valence-corrected chi connectivity index (χ0v) is 18.0. The van der Waals surface area contributed by atoms with E-state index < -0.39 is 11.4 Å². The van der Waals surface area contributed by atoms with Crippen LogP contribution in [-0.2, 0) is 11.3 Å². The number of allylic oxidation sites excluding steroid dienone is 3. The van der Waals surface area contributed by atoms with Crippen LogP contribution in [0.5, 0.6) is 0 Å². The first-order valence-electron chi connectivity index (χ1n) is 10.1. The Labute approximate surface area is 189 Å². The molecule has 0 bridgehead atoms. The fourth-order valence-electron chi connectivity index (χ4n) is 3.66. The number of halogens is 1. The second-order valence-electron chi connectivity index (χ2n) is 7.47. The molecule has 0 saturated heterocycles. The molecule has 3 aromatic rings. The second-order valence-corrected chi connectivity index (χ2v) is 7.94. The molecule has 2 aromatic heterocycles. The molecule has 1 aliphatic carbocycles. The molecule has 2 amide bonds. The van der Waals surface area contributed by atoms with Crippen molar-refractivity contribution in [1.29, 1.82) is 0 Å². The number of aromatic nitrogens is 2. The number of urea groups is 1. The summed E-state index contributed by atoms with van der Waals surface area (Å²) >= 11 is 6.01. The first-order chi connectivity index (χ1) is 15.4. The molecular weight excluding hydrogens is 428 g/mol. The van der Waals surface area contributed by atoms with E-state index in [-0.39, 0.29) is 23.9 Å². The number of benzene rings is 1. The molecule has 162 valence electrons. The second kappa shape index (κ2) is 9.20. The standard InChI is InChI=1S/C24H21ClN4O3/c1-15(20-13-27-23(31)19-7-3-2-6-18(19)20)29(14-16-5-4-10-26-12-16)24(32)28-17-8-9-22(30)21(25)11-17/h2-13,15,21H,14H2,1H3,(H,27,31)(H,28,32). The van der Waals surface area contributed by atoms with Crippen molar-refractivity contribution in [2.24, 2.45) is 0 Å². The highest BCUT2D eigenvalue weighted by Crippen LogP contribution is 2.27. The van der Waals surface area contributed by atoms with Crippen molar-refractivity contribution in [1.82, 2.24) is 20.2 Å². The number of pyridine rings is 2. The lowest BCUT2D eigenvalue weighted by Gasteiger charge is -2.31. The average molecular weight is 449 g/mol. The molecular formula is C24H21ClN4O3. The van der Waals surface area contributed by atoms with Crippen LogP contribution >= 0.6 is 11.6 Å². The van der Waals surface area contributed by atoms with Gasteiger partial charge in [0, 0.05) is 36.2 Å². The Morgan fingerprint density at radius 3 is 2.69 bits per heavy atom. The van der Waals surface area contributed by atoms with Gasteiger partial charge in [0.25, 0.3) is 5.56 Å². The first kappa shape index (κ1) is 21.5. The topological polar surface area (TPSA) is 95.2 Å². The number of nitrogens with one attached hydrogen (secondary N) is 2. The molecule has 8 heteroatoms. The minimum atomic E-state index is -0.817. The van der Waals surface area contributed by atoms with E-state index in [1.54, 1.807) is 35.6 Å². The van der Waals surface area contributed by atoms with Crippen LogP contribution in [0.3, 0.4) is 0 Å². The van der Waals surface area contributed by atoms with Gasteiger partial charge in [-0.15, -0.1) is 11.6 Å². The highest BCUT2D eigenvalue weighted by atomic mass is 35.5. The zero-order chi connectivity index (χ0) is 22.7. The fraction of sp³-hybridized carbons (Fsp3) is 0.167. The van der Waals surface area contributed by atoms with Crippen molar-refractivity contribution in [3.05, 3.63) is 100 Å². The van der Waals surface area contributed by atoms with Crippen LogP contribution in [0.25, 0.3) is 10.8 Å². The maximum atomic E-state index is 13.3. The van der Waals surface area contributed by atoms with E-state index in [2.05, 4.69) is 15.3 Å². The molecule has 2 heterocycles. The third-order valence-electron chi connectivity index (χ3n) is 5.37. The molecule has 1 aromatic carbocycles. The number of amides is 2. The van der Waals surface area contributed by atoms with E-state index in [0.717, 1.165) is 16.5 Å². The molecule has 0 fully saturated rings. The quantitative estimate of drug-likeness (QED) is 0.580. The van der Waals surface area contributed by atoms with Crippen LogP contribution in [0.2, 0.25) is 0 Å². The summed E-state index contributed by atoms with van der Waals surface area (Å²) in [5.74, 6) is -0.232. The first-order valence-corrected chi connectivity index (χ1v) is 10.5. The molecule has 2 N–H and O–H groups in total. The third-order valence-corrected chi connectivity index (χ3v) is 5.71. The van der Waals surface area contributed by atoms with Gasteiger partial charge in [0.05, 0.1) is 6.04 Å². The summed E-state index contributed by atoms with van der Waals surface area (Å²) < 4.78 is 0. The number of ketones is 1. The van der Waals surface area contributed by atoms with E-state index in [9.17, 15) is 14.4 Å². The van der Waals surface area contributed by atoms with Gasteiger partial charge in [0.15, 0.2) is 5.78 Å². The number of nitrogens with zero attached hydrogens (tertiary/aromatic N) is 2. The van der Waals surface area contributed by atoms with Crippen molar-refractivity contribution in [3.8, 4) is 0 Å². The average Bonchev–Trinajstić information content (AvgIpc) is 2.80. The van der Waals surface area contributed by atoms with E-state index in [0.29, 0.717) is 11.1 Å². The predicted molar refractivity (Wildman–Crippen MR) is 123 cm³/mol. The van der Waals surface area contributed by atoms with Gasteiger partial charge in [0.2, 0.25) is 0 Å². The normalized spacial score (nSPS) is 16.5. The summed E-state index contributed by atoms with van der Waals surface area (Å²) in [6.45, 7) is 2.18. The minimum absolute atomic E-state index is 0.185. The van der Waals surface area contributed by atoms with Crippen molar-refractivity contribution >= 4 is 34.2 Å². The Kier molecular flexibility index (Phi) is 6.18. The summed E-state index contributed by atoms with van der Waals surface area (Å²) in [6, 6.07) is 10.2. The number of fused-ring (bicyclic) bond motifs is 1. The van der Waals surface area contributed by atoms with Gasteiger partial charge < -0.3 is 15.2 Å². The Balaban J connectivity index is 1.70. The number of hydrogen-bond donors (Lipinski definition) is 2. The Morgan fingerprint density at radius 1 is 1.19 bits per heavy atom. The predicted octanol–water partition coefficient (Wildman–Crippen LogP) is 3.83. The fourth-order valence-corrected chi connectivity index (χ4v) is 3.86. The number of hydrogen-bond acceptors (Lipinski definition) is 4. The molecule has 0 aliphatic heterocycles. The monoisotopic (exact) mass is 448 g/mol. The van der Waals surface area contributed by atoms with Crippen LogP contribution in [0, 0.1) is 0 Å². The number of aromatic amines is 1. The lowest BCUT2D eigenvalue weighted by molar-refractivity contribution is -0.113. The smallest absolute Gasteiger partial charge is 0.322 e. The molecule has 32 heavy (non-hydrogen) atoms. The number of carbonyl (C=O) groups excluding carboxylic acids is 2. The molecule has 1 aliphatic rings. The number of rotatable bonds is 5. The van der Waals surface area contributed by atoms with Crippen molar-refractivity contribution < 1.29 is 9.59 Å². The summed E-state index contributed by atoms with van der Waals surface area (Å²) in [5.41, 5.74) is 1.92. The maximum absolute atomic E-state index is 13.3. The van der Waals surface area contributed by atoms with Gasteiger partial charge in [0.1, 0.15) is 5.38 Å². The van der Waals surface area contributed by atoms with Crippen molar-refractivity contribution in [2.75, 3.05) is 0 Å². The van der Waals surface area contributed by atoms with Crippen LogP contribution in [0.15, 0.2) is 83.7 Å². The van der Waals surface area contributed by atoms with Gasteiger partial charge in [-0.3, -0.25) is 14.6 Å². The van der Waals surface area contributed by atoms with E-state index >= 15 is 0 Å². The number of H-pyrrole nitrogens is 1. The highest BCUT2D eigenvalue weighted by molar-refractivity contribution is 6.34. The van der Waals surface area contributed by atoms with Crippen LogP contribution in [-0.4, -0.2) is 32.1 Å². The lowest BCUT2D eigenvalue weighted by atomic mass is 10.0. The van der Waals surface area contributed by atoms with Crippen molar-refractivity contribution in [3.63, 3.8) is 0 Å². The summed E-state index contributed by atoms with van der Waals surface area (Å²) in [6.07, 6.45) is 9.39. The molecule has 4 rings (SSSR count). The largest absolute Gasteiger partial charge is 0.328 e. The zero-order valence-electron chi connectivity index (χ0n) is 17.3. The lowest BCUT2D eigenvalue weighted by Crippen LogP contribution is -2.41. The van der Waals surface area contributed by atoms with Crippen LogP contribution in [0.1, 0.15) is 24.1 Å². The molecule has 0 radical (unpaired) electrons. The van der Waals surface area contributed by atoms with Crippen LogP contribution in [0.4, 0.5) is 4.79 Å². The van der Waals surface area contributed by atoms with Gasteiger partial charge >= 0.3 is 6.03 Å². The van der Waals surface area contributed by atoms with E-state index in [1.165, 1.54) is 18.2 Å². The molecule has 0 saturated carbocycles. The maximum Gasteiger partial charge on any atom is 0.322 e. The van der Waals surface area contributed by atoms with Gasteiger partial charge in [-0.1, -0.05) is 24.3 Å². The molecule has 2 atom stereocenters. The van der Waals surface area contributed by atoms with Crippen molar-refractivity contribution in [2.45, 2.75) is 24.9 Å². The van der Waals surface area contributed by atoms with Crippen LogP contribution < -0.4 is 10.9 Å². The number of alkyl halides is 1. The molecule has 7 nitrogen and oxygen atoms in total. The van der Waals surface area contributed by atoms with Gasteiger partial charge in [-0.25, -0.2) is 4.79 Å².